The van der Waals surface area contributed by atoms with Crippen molar-refractivity contribution in [3.8, 4) is 5.75 Å². The number of hydrogen-bond acceptors (Lipinski definition) is 3. The number of carbonyl (C=O) groups excluding carboxylic acids is 1. The van der Waals surface area contributed by atoms with Crippen LogP contribution in [-0.2, 0) is 11.3 Å². The average Bonchev–Trinajstić information content (AvgIpc) is 2.48. The van der Waals surface area contributed by atoms with Crippen molar-refractivity contribution < 1.29 is 9.53 Å². The molecule has 1 aliphatic heterocycles. The number of carbonyl (C=O) groups is 1. The Morgan fingerprint density at radius 3 is 2.68 bits per heavy atom. The van der Waals surface area contributed by atoms with Gasteiger partial charge < -0.3 is 15.0 Å². The summed E-state index contributed by atoms with van der Waals surface area (Å²) in [5, 5.41) is 3.29. The molecule has 1 N–H and O–H groups in total. The van der Waals surface area contributed by atoms with Crippen LogP contribution in [0.15, 0.2) is 24.3 Å². The molecular weight excluding hydrogens is 240 g/mol. The van der Waals surface area contributed by atoms with Crippen molar-refractivity contribution in [1.82, 2.24) is 10.2 Å². The van der Waals surface area contributed by atoms with Crippen molar-refractivity contribution in [3.63, 3.8) is 0 Å². The number of methoxy groups -OCH3 is 1. The maximum Gasteiger partial charge on any atom is 0.239 e. The molecule has 4 heteroatoms. The van der Waals surface area contributed by atoms with Crippen LogP contribution < -0.4 is 10.1 Å². The molecule has 1 aromatic rings. The van der Waals surface area contributed by atoms with Gasteiger partial charge in [0.25, 0.3) is 0 Å². The average molecular weight is 262 g/mol. The molecule has 4 nitrogen and oxygen atoms in total. The Morgan fingerprint density at radius 1 is 1.37 bits per heavy atom. The van der Waals surface area contributed by atoms with Crippen LogP contribution in [0, 0.1) is 0 Å². The number of benzene rings is 1. The van der Waals surface area contributed by atoms with Gasteiger partial charge in [-0.15, -0.1) is 0 Å². The quantitative estimate of drug-likeness (QED) is 0.899. The molecule has 104 valence electrons. The molecule has 1 heterocycles. The van der Waals surface area contributed by atoms with E-state index in [0.717, 1.165) is 30.7 Å². The van der Waals surface area contributed by atoms with E-state index in [9.17, 15) is 4.79 Å². The van der Waals surface area contributed by atoms with Gasteiger partial charge in [-0.25, -0.2) is 0 Å². The third kappa shape index (κ3) is 3.70. The molecule has 0 unspecified atom stereocenters. The largest absolute Gasteiger partial charge is 0.497 e. The Bertz CT molecular complexity index is 411. The van der Waals surface area contributed by atoms with Crippen molar-refractivity contribution in [2.75, 3.05) is 20.7 Å². The predicted octanol–water partition coefficient (Wildman–Crippen LogP) is 1.80. The van der Waals surface area contributed by atoms with E-state index in [1.54, 1.807) is 12.0 Å². The van der Waals surface area contributed by atoms with Gasteiger partial charge in [-0.05, 0) is 37.1 Å². The molecule has 0 spiro atoms. The van der Waals surface area contributed by atoms with E-state index in [2.05, 4.69) is 5.32 Å². The number of ether oxygens (including phenoxy) is 1. The molecule has 1 aromatic carbocycles. The van der Waals surface area contributed by atoms with Gasteiger partial charge in [-0.1, -0.05) is 18.6 Å². The van der Waals surface area contributed by atoms with Gasteiger partial charge in [-0.2, -0.15) is 0 Å². The van der Waals surface area contributed by atoms with E-state index in [4.69, 9.17) is 4.74 Å². The summed E-state index contributed by atoms with van der Waals surface area (Å²) in [4.78, 5) is 14.1. The molecule has 0 aromatic heterocycles. The molecule has 1 amide bonds. The third-order valence-electron chi connectivity index (χ3n) is 3.56. The summed E-state index contributed by atoms with van der Waals surface area (Å²) in [6.07, 6.45) is 3.26. The molecule has 0 bridgehead atoms. The minimum Gasteiger partial charge on any atom is -0.497 e. The molecule has 1 aliphatic rings. The molecular formula is C15H22N2O2. The SMILES string of the molecule is COc1ccc(CN(C)C(=O)[C@@H]2CCCCN2)cc1. The lowest BCUT2D eigenvalue weighted by Gasteiger charge is -2.27. The molecule has 0 aliphatic carbocycles. The predicted molar refractivity (Wildman–Crippen MR) is 75.1 cm³/mol. The molecule has 0 saturated carbocycles. The number of rotatable bonds is 4. The Morgan fingerprint density at radius 2 is 2.11 bits per heavy atom. The fourth-order valence-corrected chi connectivity index (χ4v) is 2.41. The topological polar surface area (TPSA) is 41.6 Å². The third-order valence-corrected chi connectivity index (χ3v) is 3.56. The zero-order valence-corrected chi connectivity index (χ0v) is 11.7. The Balaban J connectivity index is 1.91. The minimum atomic E-state index is -0.00278. The lowest BCUT2D eigenvalue weighted by Crippen LogP contribution is -2.46. The summed E-state index contributed by atoms with van der Waals surface area (Å²) in [6, 6.07) is 7.84. The van der Waals surface area contributed by atoms with Crippen LogP contribution in [-0.4, -0.2) is 37.6 Å². The second-order valence-corrected chi connectivity index (χ2v) is 5.04. The van der Waals surface area contributed by atoms with Crippen LogP contribution in [0.1, 0.15) is 24.8 Å². The highest BCUT2D eigenvalue weighted by Crippen LogP contribution is 2.14. The normalized spacial score (nSPS) is 18.9. The van der Waals surface area contributed by atoms with Crippen molar-refractivity contribution in [2.24, 2.45) is 0 Å². The number of piperidine rings is 1. The van der Waals surface area contributed by atoms with Crippen LogP contribution in [0.2, 0.25) is 0 Å². The Kier molecular flexibility index (Phi) is 4.80. The van der Waals surface area contributed by atoms with Gasteiger partial charge in [-0.3, -0.25) is 4.79 Å². The van der Waals surface area contributed by atoms with E-state index in [1.807, 2.05) is 31.3 Å². The molecule has 19 heavy (non-hydrogen) atoms. The number of likely N-dealkylation sites (N-methyl/N-ethyl adjacent to an activating group) is 1. The van der Waals surface area contributed by atoms with Crippen molar-refractivity contribution in [2.45, 2.75) is 31.8 Å². The van der Waals surface area contributed by atoms with Gasteiger partial charge in [0.2, 0.25) is 5.91 Å². The van der Waals surface area contributed by atoms with Crippen molar-refractivity contribution in [3.05, 3.63) is 29.8 Å². The van der Waals surface area contributed by atoms with Crippen LogP contribution >= 0.6 is 0 Å². The molecule has 2 rings (SSSR count). The maximum absolute atomic E-state index is 12.3. The van der Waals surface area contributed by atoms with E-state index in [-0.39, 0.29) is 11.9 Å². The highest BCUT2D eigenvalue weighted by molar-refractivity contribution is 5.81. The minimum absolute atomic E-state index is 0.00278. The van der Waals surface area contributed by atoms with Crippen molar-refractivity contribution >= 4 is 5.91 Å². The standard InChI is InChI=1S/C15H22N2O2/c1-17(15(18)14-5-3-4-10-16-14)11-12-6-8-13(19-2)9-7-12/h6-9,14,16H,3-5,10-11H2,1-2H3/t14-/m0/s1. The summed E-state index contributed by atoms with van der Waals surface area (Å²) in [7, 11) is 3.52. The van der Waals surface area contributed by atoms with E-state index in [1.165, 1.54) is 6.42 Å². The first kappa shape index (κ1) is 13.9. The number of hydrogen-bond donors (Lipinski definition) is 1. The summed E-state index contributed by atoms with van der Waals surface area (Å²) < 4.78 is 5.13. The summed E-state index contributed by atoms with van der Waals surface area (Å²) >= 11 is 0. The smallest absolute Gasteiger partial charge is 0.239 e. The van der Waals surface area contributed by atoms with Crippen LogP contribution in [0.4, 0.5) is 0 Å². The Hall–Kier alpha value is -1.55. The van der Waals surface area contributed by atoms with Crippen LogP contribution in [0.5, 0.6) is 5.75 Å². The van der Waals surface area contributed by atoms with E-state index in [0.29, 0.717) is 6.54 Å². The number of nitrogens with zero attached hydrogens (tertiary/aromatic N) is 1. The number of nitrogens with one attached hydrogen (secondary N) is 1. The first-order valence-electron chi connectivity index (χ1n) is 6.82. The zero-order chi connectivity index (χ0) is 13.7. The summed E-state index contributed by atoms with van der Waals surface area (Å²) in [6.45, 7) is 1.59. The molecule has 1 atom stereocenters. The first-order valence-corrected chi connectivity index (χ1v) is 6.82. The monoisotopic (exact) mass is 262 g/mol. The lowest BCUT2D eigenvalue weighted by atomic mass is 10.0. The molecule has 0 radical (unpaired) electrons. The molecule has 1 fully saturated rings. The van der Waals surface area contributed by atoms with Gasteiger partial charge in [0.1, 0.15) is 5.75 Å². The second-order valence-electron chi connectivity index (χ2n) is 5.04. The van der Waals surface area contributed by atoms with E-state index >= 15 is 0 Å². The first-order chi connectivity index (χ1) is 9.20. The second kappa shape index (κ2) is 6.57. The van der Waals surface area contributed by atoms with E-state index < -0.39 is 0 Å². The van der Waals surface area contributed by atoms with Gasteiger partial charge in [0.05, 0.1) is 13.2 Å². The van der Waals surface area contributed by atoms with Gasteiger partial charge in [0.15, 0.2) is 0 Å². The van der Waals surface area contributed by atoms with Crippen LogP contribution in [0.25, 0.3) is 0 Å². The van der Waals surface area contributed by atoms with Crippen molar-refractivity contribution in [1.29, 1.82) is 0 Å². The summed E-state index contributed by atoms with van der Waals surface area (Å²) in [5.41, 5.74) is 1.12. The zero-order valence-electron chi connectivity index (χ0n) is 11.7. The summed E-state index contributed by atoms with van der Waals surface area (Å²) in [5.74, 6) is 1.03. The van der Waals surface area contributed by atoms with Gasteiger partial charge in [0, 0.05) is 13.6 Å². The fourth-order valence-electron chi connectivity index (χ4n) is 2.41. The fraction of sp³-hybridized carbons (Fsp3) is 0.533. The Labute approximate surface area is 114 Å². The number of amides is 1. The van der Waals surface area contributed by atoms with Gasteiger partial charge >= 0.3 is 0 Å². The lowest BCUT2D eigenvalue weighted by molar-refractivity contribution is -0.133. The van der Waals surface area contributed by atoms with Crippen LogP contribution in [0.3, 0.4) is 0 Å². The maximum atomic E-state index is 12.3. The highest BCUT2D eigenvalue weighted by atomic mass is 16.5. The molecule has 1 saturated heterocycles. The highest BCUT2D eigenvalue weighted by Gasteiger charge is 2.23.